The van der Waals surface area contributed by atoms with E-state index >= 15 is 0 Å². The molecular weight excluding hydrogens is 308 g/mol. The number of anilines is 1. The van der Waals surface area contributed by atoms with Crippen molar-refractivity contribution in [2.75, 3.05) is 11.6 Å². The van der Waals surface area contributed by atoms with Gasteiger partial charge in [-0.1, -0.05) is 6.07 Å². The Morgan fingerprint density at radius 3 is 2.23 bits per heavy atom. The molecule has 0 aliphatic heterocycles. The summed E-state index contributed by atoms with van der Waals surface area (Å²) in [5, 5.41) is 3.05. The molecule has 0 saturated carbocycles. The Morgan fingerprint density at radius 2 is 1.59 bits per heavy atom. The SMILES string of the molecule is Cc1ccc(F)cc1CNc1ccc(F)cc1CS(C)(=O)=O. The fourth-order valence-electron chi connectivity index (χ4n) is 2.16. The van der Waals surface area contributed by atoms with E-state index < -0.39 is 15.7 Å². The maximum atomic E-state index is 13.3. The second-order valence-electron chi connectivity index (χ2n) is 5.30. The predicted molar refractivity (Wildman–Crippen MR) is 83.4 cm³/mol. The van der Waals surface area contributed by atoms with Crippen molar-refractivity contribution in [1.29, 1.82) is 0 Å². The van der Waals surface area contributed by atoms with Gasteiger partial charge in [-0.25, -0.2) is 17.2 Å². The van der Waals surface area contributed by atoms with Gasteiger partial charge in [0.1, 0.15) is 11.6 Å². The van der Waals surface area contributed by atoms with E-state index in [1.165, 1.54) is 30.3 Å². The first-order valence-electron chi connectivity index (χ1n) is 6.69. The van der Waals surface area contributed by atoms with Gasteiger partial charge in [0.25, 0.3) is 0 Å². The van der Waals surface area contributed by atoms with Crippen LogP contribution < -0.4 is 5.32 Å². The molecule has 0 fully saturated rings. The molecule has 0 radical (unpaired) electrons. The van der Waals surface area contributed by atoms with E-state index in [1.807, 2.05) is 6.92 Å². The van der Waals surface area contributed by atoms with E-state index in [-0.39, 0.29) is 11.6 Å². The van der Waals surface area contributed by atoms with Crippen LogP contribution in [0, 0.1) is 18.6 Å². The smallest absolute Gasteiger partial charge is 0.151 e. The van der Waals surface area contributed by atoms with Gasteiger partial charge in [0.2, 0.25) is 0 Å². The Hall–Kier alpha value is -1.95. The molecule has 0 bridgehead atoms. The Kier molecular flexibility index (Phi) is 4.81. The van der Waals surface area contributed by atoms with Gasteiger partial charge in [-0.15, -0.1) is 0 Å². The average molecular weight is 325 g/mol. The minimum Gasteiger partial charge on any atom is -0.381 e. The topological polar surface area (TPSA) is 46.2 Å². The van der Waals surface area contributed by atoms with Crippen molar-refractivity contribution in [3.05, 3.63) is 64.7 Å². The standard InChI is InChI=1S/C16H17F2NO2S/c1-11-3-4-14(17)7-12(11)9-19-16-6-5-15(18)8-13(16)10-22(2,20)21/h3-8,19H,9-10H2,1-2H3. The summed E-state index contributed by atoms with van der Waals surface area (Å²) in [4.78, 5) is 0. The molecule has 0 aliphatic carbocycles. The molecule has 0 amide bonds. The van der Waals surface area contributed by atoms with Gasteiger partial charge in [0.15, 0.2) is 9.84 Å². The molecular formula is C16H17F2NO2S. The Bertz CT molecular complexity index is 789. The highest BCUT2D eigenvalue weighted by molar-refractivity contribution is 7.89. The highest BCUT2D eigenvalue weighted by atomic mass is 32.2. The minimum absolute atomic E-state index is 0.255. The zero-order valence-electron chi connectivity index (χ0n) is 12.4. The summed E-state index contributed by atoms with van der Waals surface area (Å²) in [5.74, 6) is -1.08. The first kappa shape index (κ1) is 16.4. The molecule has 0 aliphatic rings. The van der Waals surface area contributed by atoms with Gasteiger partial charge >= 0.3 is 0 Å². The molecule has 118 valence electrons. The van der Waals surface area contributed by atoms with E-state index in [9.17, 15) is 17.2 Å². The zero-order chi connectivity index (χ0) is 16.3. The summed E-state index contributed by atoms with van der Waals surface area (Å²) in [6.45, 7) is 2.19. The molecule has 3 nitrogen and oxygen atoms in total. The number of sulfone groups is 1. The van der Waals surface area contributed by atoms with Crippen molar-refractivity contribution >= 4 is 15.5 Å². The van der Waals surface area contributed by atoms with Crippen molar-refractivity contribution in [2.24, 2.45) is 0 Å². The lowest BCUT2D eigenvalue weighted by Crippen LogP contribution is -2.08. The van der Waals surface area contributed by atoms with Crippen LogP contribution in [-0.2, 0) is 22.1 Å². The maximum absolute atomic E-state index is 13.3. The van der Waals surface area contributed by atoms with E-state index in [0.29, 0.717) is 17.8 Å². The van der Waals surface area contributed by atoms with Crippen LogP contribution in [0.2, 0.25) is 0 Å². The van der Waals surface area contributed by atoms with Gasteiger partial charge in [0.05, 0.1) is 5.75 Å². The van der Waals surface area contributed by atoms with Crippen LogP contribution in [0.25, 0.3) is 0 Å². The van der Waals surface area contributed by atoms with Gasteiger partial charge in [0, 0.05) is 18.5 Å². The number of rotatable bonds is 5. The van der Waals surface area contributed by atoms with Crippen molar-refractivity contribution in [1.82, 2.24) is 0 Å². The van der Waals surface area contributed by atoms with Crippen LogP contribution in [0.15, 0.2) is 36.4 Å². The number of aryl methyl sites for hydroxylation is 1. The van der Waals surface area contributed by atoms with Crippen molar-refractivity contribution in [2.45, 2.75) is 19.2 Å². The molecule has 0 heterocycles. The van der Waals surface area contributed by atoms with Crippen LogP contribution in [0.5, 0.6) is 0 Å². The van der Waals surface area contributed by atoms with Crippen molar-refractivity contribution in [3.63, 3.8) is 0 Å². The Morgan fingerprint density at radius 1 is 1.00 bits per heavy atom. The van der Waals surface area contributed by atoms with Crippen LogP contribution in [0.4, 0.5) is 14.5 Å². The van der Waals surface area contributed by atoms with Crippen LogP contribution in [0.3, 0.4) is 0 Å². The van der Waals surface area contributed by atoms with Gasteiger partial charge in [-0.05, 0) is 53.9 Å². The predicted octanol–water partition coefficient (Wildman–Crippen LogP) is 3.43. The number of hydrogen-bond donors (Lipinski definition) is 1. The van der Waals surface area contributed by atoms with Crippen LogP contribution in [0.1, 0.15) is 16.7 Å². The Labute approximate surface area is 128 Å². The minimum atomic E-state index is -3.28. The summed E-state index contributed by atoms with van der Waals surface area (Å²) < 4.78 is 49.5. The third kappa shape index (κ3) is 4.53. The average Bonchev–Trinajstić information content (AvgIpc) is 2.39. The molecule has 2 aromatic carbocycles. The number of halogens is 2. The third-order valence-corrected chi connectivity index (χ3v) is 4.10. The molecule has 0 atom stereocenters. The number of nitrogens with one attached hydrogen (secondary N) is 1. The molecule has 2 rings (SSSR count). The normalized spacial score (nSPS) is 11.5. The lowest BCUT2D eigenvalue weighted by molar-refractivity contribution is 0.600. The van der Waals surface area contributed by atoms with Gasteiger partial charge in [-0.2, -0.15) is 0 Å². The maximum Gasteiger partial charge on any atom is 0.151 e. The number of hydrogen-bond acceptors (Lipinski definition) is 3. The quantitative estimate of drug-likeness (QED) is 0.916. The van der Waals surface area contributed by atoms with Gasteiger partial charge < -0.3 is 5.32 Å². The monoisotopic (exact) mass is 325 g/mol. The van der Waals surface area contributed by atoms with Gasteiger partial charge in [-0.3, -0.25) is 0 Å². The lowest BCUT2D eigenvalue weighted by atomic mass is 10.1. The first-order valence-corrected chi connectivity index (χ1v) is 8.76. The second-order valence-corrected chi connectivity index (χ2v) is 7.44. The summed E-state index contributed by atoms with van der Waals surface area (Å²) in [5.41, 5.74) is 2.56. The molecule has 0 spiro atoms. The molecule has 6 heteroatoms. The molecule has 0 saturated heterocycles. The Balaban J connectivity index is 2.24. The highest BCUT2D eigenvalue weighted by Crippen LogP contribution is 2.21. The fourth-order valence-corrected chi connectivity index (χ4v) is 2.96. The lowest BCUT2D eigenvalue weighted by Gasteiger charge is -2.13. The molecule has 2 aromatic rings. The van der Waals surface area contributed by atoms with E-state index in [2.05, 4.69) is 5.32 Å². The summed E-state index contributed by atoms with van der Waals surface area (Å²) in [6, 6.07) is 8.42. The molecule has 1 N–H and O–H groups in total. The molecule has 0 unspecified atom stereocenters. The molecule has 0 aromatic heterocycles. The van der Waals surface area contributed by atoms with Crippen LogP contribution in [-0.4, -0.2) is 14.7 Å². The van der Waals surface area contributed by atoms with E-state index in [4.69, 9.17) is 0 Å². The zero-order valence-corrected chi connectivity index (χ0v) is 13.2. The van der Waals surface area contributed by atoms with Crippen molar-refractivity contribution < 1.29 is 17.2 Å². The van der Waals surface area contributed by atoms with Crippen LogP contribution >= 0.6 is 0 Å². The number of benzene rings is 2. The summed E-state index contributed by atoms with van der Waals surface area (Å²) >= 11 is 0. The first-order chi connectivity index (χ1) is 10.2. The second kappa shape index (κ2) is 6.44. The fraction of sp³-hybridized carbons (Fsp3) is 0.250. The summed E-state index contributed by atoms with van der Waals surface area (Å²) in [6.07, 6.45) is 1.10. The highest BCUT2D eigenvalue weighted by Gasteiger charge is 2.11. The largest absolute Gasteiger partial charge is 0.381 e. The van der Waals surface area contributed by atoms with E-state index in [1.54, 1.807) is 6.07 Å². The van der Waals surface area contributed by atoms with E-state index in [0.717, 1.165) is 17.4 Å². The van der Waals surface area contributed by atoms with Crippen molar-refractivity contribution in [3.8, 4) is 0 Å². The third-order valence-electron chi connectivity index (χ3n) is 3.27. The molecule has 22 heavy (non-hydrogen) atoms. The summed E-state index contributed by atoms with van der Waals surface area (Å²) in [7, 11) is -3.28.